The van der Waals surface area contributed by atoms with E-state index >= 15 is 0 Å². The Labute approximate surface area is 113 Å². The van der Waals surface area contributed by atoms with E-state index in [1.54, 1.807) is 13.2 Å². The van der Waals surface area contributed by atoms with Gasteiger partial charge >= 0.3 is 12.0 Å². The molecule has 0 heterocycles. The van der Waals surface area contributed by atoms with Gasteiger partial charge in [0.15, 0.2) is 0 Å². The van der Waals surface area contributed by atoms with E-state index in [0.29, 0.717) is 12.2 Å². The minimum absolute atomic E-state index is 0.161. The van der Waals surface area contributed by atoms with Crippen LogP contribution in [-0.4, -0.2) is 58.4 Å². The number of carboxylic acid groups (broad SMARTS) is 1. The van der Waals surface area contributed by atoms with E-state index in [4.69, 9.17) is 5.11 Å². The van der Waals surface area contributed by atoms with Gasteiger partial charge in [0.05, 0.1) is 6.54 Å². The largest absolute Gasteiger partial charge is 0.480 e. The molecule has 0 radical (unpaired) electrons. The molecule has 8 nitrogen and oxygen atoms in total. The van der Waals surface area contributed by atoms with E-state index in [1.807, 2.05) is 0 Å². The molecule has 2 unspecified atom stereocenters. The van der Waals surface area contributed by atoms with Crippen molar-refractivity contribution in [1.82, 2.24) is 16.0 Å². The molecule has 0 aliphatic heterocycles. The number of urea groups is 1. The number of amides is 3. The summed E-state index contributed by atoms with van der Waals surface area (Å²) >= 11 is 0. The van der Waals surface area contributed by atoms with Crippen molar-refractivity contribution in [1.29, 1.82) is 0 Å². The van der Waals surface area contributed by atoms with E-state index in [2.05, 4.69) is 16.0 Å². The quantitative estimate of drug-likeness (QED) is 0.440. The van der Waals surface area contributed by atoms with Crippen LogP contribution < -0.4 is 16.0 Å². The van der Waals surface area contributed by atoms with Crippen molar-refractivity contribution in [3.63, 3.8) is 0 Å². The lowest BCUT2D eigenvalue weighted by atomic mass is 10.3. The molecular weight excluding hydrogens is 274 g/mol. The van der Waals surface area contributed by atoms with Gasteiger partial charge in [-0.2, -0.15) is 0 Å². The fourth-order valence-corrected chi connectivity index (χ4v) is 1.77. The number of aliphatic carboxylic acids is 1. The fourth-order valence-electron chi connectivity index (χ4n) is 1.09. The van der Waals surface area contributed by atoms with Crippen LogP contribution in [0.3, 0.4) is 0 Å². The highest BCUT2D eigenvalue weighted by Gasteiger charge is 2.09. The van der Waals surface area contributed by atoms with Crippen molar-refractivity contribution >= 4 is 28.7 Å². The Hall–Kier alpha value is -1.64. The third-order valence-corrected chi connectivity index (χ3v) is 2.87. The van der Waals surface area contributed by atoms with Crippen LogP contribution in [-0.2, 0) is 20.4 Å². The molecule has 0 aliphatic carbocycles. The van der Waals surface area contributed by atoms with Gasteiger partial charge in [-0.05, 0) is 13.3 Å². The Balaban J connectivity index is 3.76. The van der Waals surface area contributed by atoms with Gasteiger partial charge in [-0.25, -0.2) is 4.79 Å². The van der Waals surface area contributed by atoms with Gasteiger partial charge in [0.2, 0.25) is 5.91 Å². The topological polar surface area (TPSA) is 125 Å². The molecule has 110 valence electrons. The van der Waals surface area contributed by atoms with E-state index in [-0.39, 0.29) is 12.6 Å². The zero-order chi connectivity index (χ0) is 14.8. The maximum Gasteiger partial charge on any atom is 0.322 e. The summed E-state index contributed by atoms with van der Waals surface area (Å²) in [5.41, 5.74) is 0. The average Bonchev–Trinajstić information content (AvgIpc) is 2.31. The van der Waals surface area contributed by atoms with Crippen LogP contribution in [0, 0.1) is 0 Å². The summed E-state index contributed by atoms with van der Waals surface area (Å²) in [7, 11) is -0.911. The summed E-state index contributed by atoms with van der Waals surface area (Å²) in [5, 5.41) is 15.3. The molecule has 0 aliphatic rings. The van der Waals surface area contributed by atoms with E-state index in [1.165, 1.54) is 0 Å². The second kappa shape index (κ2) is 9.31. The number of rotatable bonds is 8. The lowest BCUT2D eigenvalue weighted by molar-refractivity contribution is -0.137. The van der Waals surface area contributed by atoms with Crippen LogP contribution in [0.2, 0.25) is 0 Å². The first-order valence-electron chi connectivity index (χ1n) is 5.64. The number of hydrogen-bond acceptors (Lipinski definition) is 4. The third kappa shape index (κ3) is 11.2. The summed E-state index contributed by atoms with van der Waals surface area (Å²) in [6.45, 7) is 0.976. The second-order valence-electron chi connectivity index (χ2n) is 3.96. The average molecular weight is 293 g/mol. The number of nitrogens with one attached hydrogen (secondary N) is 3. The Morgan fingerprint density at radius 1 is 1.21 bits per heavy atom. The molecule has 0 saturated carbocycles. The second-order valence-corrected chi connectivity index (χ2v) is 5.52. The molecular formula is C10H19N3O5S. The van der Waals surface area contributed by atoms with Gasteiger partial charge in [0.1, 0.15) is 6.54 Å². The Morgan fingerprint density at radius 3 is 2.37 bits per heavy atom. The first-order valence-corrected chi connectivity index (χ1v) is 7.37. The number of carbonyl (C=O) groups excluding carboxylic acids is 2. The predicted molar refractivity (Wildman–Crippen MR) is 70.2 cm³/mol. The predicted octanol–water partition coefficient (Wildman–Crippen LogP) is -1.36. The minimum atomic E-state index is -1.15. The highest BCUT2D eigenvalue weighted by Crippen LogP contribution is 1.92. The first kappa shape index (κ1) is 17.4. The smallest absolute Gasteiger partial charge is 0.322 e. The van der Waals surface area contributed by atoms with Crippen LogP contribution >= 0.6 is 0 Å². The molecule has 0 aromatic carbocycles. The molecule has 4 N–H and O–H groups in total. The number of carbonyl (C=O) groups is 3. The highest BCUT2D eigenvalue weighted by atomic mass is 32.2. The van der Waals surface area contributed by atoms with Crippen LogP contribution in [0.4, 0.5) is 4.79 Å². The first-order chi connectivity index (χ1) is 8.81. The van der Waals surface area contributed by atoms with Crippen LogP contribution in [0.15, 0.2) is 0 Å². The molecule has 3 amide bonds. The zero-order valence-corrected chi connectivity index (χ0v) is 11.7. The van der Waals surface area contributed by atoms with Crippen LogP contribution in [0.25, 0.3) is 0 Å². The molecule has 0 bridgehead atoms. The minimum Gasteiger partial charge on any atom is -0.480 e. The van der Waals surface area contributed by atoms with Crippen LogP contribution in [0.5, 0.6) is 0 Å². The number of hydrogen-bond donors (Lipinski definition) is 4. The normalized spacial score (nSPS) is 13.2. The summed E-state index contributed by atoms with van der Waals surface area (Å²) in [6, 6.07) is -0.689. The van der Waals surface area contributed by atoms with Crippen molar-refractivity contribution in [2.45, 2.75) is 19.4 Å². The Morgan fingerprint density at radius 2 is 1.84 bits per heavy atom. The Bertz CT molecular complexity index is 361. The monoisotopic (exact) mass is 293 g/mol. The molecule has 0 spiro atoms. The van der Waals surface area contributed by atoms with Crippen molar-refractivity contribution in [3.05, 3.63) is 0 Å². The molecule has 0 rings (SSSR count). The summed E-state index contributed by atoms with van der Waals surface area (Å²) < 4.78 is 10.9. The van der Waals surface area contributed by atoms with Gasteiger partial charge in [0.25, 0.3) is 0 Å². The maximum atomic E-state index is 11.3. The molecule has 19 heavy (non-hydrogen) atoms. The van der Waals surface area contributed by atoms with Crippen molar-refractivity contribution in [2.75, 3.05) is 25.1 Å². The maximum absolute atomic E-state index is 11.3. The van der Waals surface area contributed by atoms with E-state index in [0.717, 1.165) is 0 Å². The standard InChI is InChI=1S/C10H19N3O5S/c1-7(3-4-19(2)18)13-10(17)12-5-8(14)11-6-9(15)16/h7H,3-6H2,1-2H3,(H,11,14)(H,15,16)(H2,12,13,17). The number of carboxylic acids is 1. The van der Waals surface area contributed by atoms with Gasteiger partial charge in [-0.3, -0.25) is 13.8 Å². The zero-order valence-electron chi connectivity index (χ0n) is 10.9. The van der Waals surface area contributed by atoms with Crippen LogP contribution in [0.1, 0.15) is 13.3 Å². The van der Waals surface area contributed by atoms with Gasteiger partial charge in [-0.1, -0.05) is 0 Å². The van der Waals surface area contributed by atoms with Gasteiger partial charge in [-0.15, -0.1) is 0 Å². The summed E-state index contributed by atoms with van der Waals surface area (Å²) in [4.78, 5) is 32.6. The molecule has 0 fully saturated rings. The van der Waals surface area contributed by atoms with Gasteiger partial charge < -0.3 is 21.1 Å². The summed E-state index contributed by atoms with van der Waals surface area (Å²) in [6.07, 6.45) is 2.15. The van der Waals surface area contributed by atoms with Crippen molar-refractivity contribution < 1.29 is 23.7 Å². The van der Waals surface area contributed by atoms with Crippen molar-refractivity contribution in [3.8, 4) is 0 Å². The fraction of sp³-hybridized carbons (Fsp3) is 0.700. The SMILES string of the molecule is CC(CCS(C)=O)NC(=O)NCC(=O)NCC(=O)O. The van der Waals surface area contributed by atoms with Crippen molar-refractivity contribution in [2.24, 2.45) is 0 Å². The molecule has 2 atom stereocenters. The van der Waals surface area contributed by atoms with E-state index in [9.17, 15) is 18.6 Å². The molecule has 0 aromatic heterocycles. The van der Waals surface area contributed by atoms with Gasteiger partial charge in [0, 0.05) is 28.9 Å². The highest BCUT2D eigenvalue weighted by molar-refractivity contribution is 7.84. The lowest BCUT2D eigenvalue weighted by Crippen LogP contribution is -2.45. The molecule has 9 heteroatoms. The molecule has 0 saturated heterocycles. The lowest BCUT2D eigenvalue weighted by Gasteiger charge is -2.13. The van der Waals surface area contributed by atoms with E-state index < -0.39 is 35.3 Å². The molecule has 0 aromatic rings. The summed E-state index contributed by atoms with van der Waals surface area (Å²) in [5.74, 6) is -1.25. The Kier molecular flexibility index (Phi) is 8.51. The third-order valence-electron chi connectivity index (χ3n) is 2.06.